The highest BCUT2D eigenvalue weighted by Gasteiger charge is 2.14. The number of carbonyl (C=O) groups excluding carboxylic acids is 1. The van der Waals surface area contributed by atoms with Gasteiger partial charge in [0.2, 0.25) is 0 Å². The first-order valence-corrected chi connectivity index (χ1v) is 8.98. The molecule has 1 atom stereocenters. The Bertz CT molecular complexity index is 1060. The Hall–Kier alpha value is -3.40. The molecule has 0 radical (unpaired) electrons. The Kier molecular flexibility index (Phi) is 4.71. The molecule has 0 aliphatic carbocycles. The number of carbonyl (C=O) groups is 1. The molecule has 0 spiro atoms. The number of oxazole rings is 1. The normalized spacial score (nSPS) is 12.0. The smallest absolute Gasteiger partial charge is 0.251 e. The van der Waals surface area contributed by atoms with Gasteiger partial charge in [0.05, 0.1) is 6.04 Å². The highest BCUT2D eigenvalue weighted by atomic mass is 16.3. The van der Waals surface area contributed by atoms with Crippen LogP contribution in [0.3, 0.4) is 0 Å². The van der Waals surface area contributed by atoms with E-state index in [4.69, 9.17) is 4.42 Å². The second-order valence-electron chi connectivity index (χ2n) is 6.56. The first-order chi connectivity index (χ1) is 13.2. The molecule has 1 aromatic heterocycles. The van der Waals surface area contributed by atoms with Gasteiger partial charge in [0.15, 0.2) is 11.5 Å². The van der Waals surface area contributed by atoms with Crippen LogP contribution in [-0.2, 0) is 6.42 Å². The molecule has 1 N–H and O–H groups in total. The predicted molar refractivity (Wildman–Crippen MR) is 106 cm³/mol. The Morgan fingerprint density at radius 2 is 1.70 bits per heavy atom. The fourth-order valence-corrected chi connectivity index (χ4v) is 3.06. The van der Waals surface area contributed by atoms with E-state index in [2.05, 4.69) is 10.3 Å². The van der Waals surface area contributed by atoms with Crippen LogP contribution in [0.5, 0.6) is 0 Å². The Morgan fingerprint density at radius 1 is 1.00 bits per heavy atom. The first kappa shape index (κ1) is 17.0. The molecule has 1 amide bonds. The third-order valence-corrected chi connectivity index (χ3v) is 4.54. The molecule has 0 saturated carbocycles. The van der Waals surface area contributed by atoms with Crippen LogP contribution < -0.4 is 5.32 Å². The standard InChI is InChI=1S/C23H20N2O2/c1-16(18-10-6-3-7-11-18)24-23(26)19-12-13-20-21(15-19)27-22(25-20)14-17-8-4-2-5-9-17/h2-13,15-16H,14H2,1H3,(H,24,26)/t16-/m1/s1. The van der Waals surface area contributed by atoms with E-state index in [-0.39, 0.29) is 11.9 Å². The number of nitrogens with zero attached hydrogens (tertiary/aromatic N) is 1. The van der Waals surface area contributed by atoms with Crippen molar-refractivity contribution in [3.63, 3.8) is 0 Å². The molecule has 134 valence electrons. The number of benzene rings is 3. The fourth-order valence-electron chi connectivity index (χ4n) is 3.06. The minimum atomic E-state index is -0.130. The van der Waals surface area contributed by atoms with E-state index in [1.165, 1.54) is 0 Å². The summed E-state index contributed by atoms with van der Waals surface area (Å²) in [7, 11) is 0. The SMILES string of the molecule is C[C@@H](NC(=O)c1ccc2nc(Cc3ccccc3)oc2c1)c1ccccc1. The van der Waals surface area contributed by atoms with E-state index in [1.54, 1.807) is 12.1 Å². The lowest BCUT2D eigenvalue weighted by Crippen LogP contribution is -2.26. The lowest BCUT2D eigenvalue weighted by molar-refractivity contribution is 0.0940. The maximum atomic E-state index is 12.6. The van der Waals surface area contributed by atoms with Crippen molar-refractivity contribution in [1.82, 2.24) is 10.3 Å². The summed E-state index contributed by atoms with van der Waals surface area (Å²) < 4.78 is 5.86. The monoisotopic (exact) mass is 356 g/mol. The summed E-state index contributed by atoms with van der Waals surface area (Å²) in [5.41, 5.74) is 4.15. The van der Waals surface area contributed by atoms with Crippen molar-refractivity contribution in [3.05, 3.63) is 101 Å². The van der Waals surface area contributed by atoms with E-state index < -0.39 is 0 Å². The molecule has 27 heavy (non-hydrogen) atoms. The van der Waals surface area contributed by atoms with E-state index in [9.17, 15) is 4.79 Å². The van der Waals surface area contributed by atoms with Gasteiger partial charge < -0.3 is 9.73 Å². The lowest BCUT2D eigenvalue weighted by atomic mass is 10.1. The highest BCUT2D eigenvalue weighted by molar-refractivity contribution is 5.97. The number of hydrogen-bond acceptors (Lipinski definition) is 3. The van der Waals surface area contributed by atoms with Gasteiger partial charge in [-0.15, -0.1) is 0 Å². The van der Waals surface area contributed by atoms with Crippen LogP contribution in [0.15, 0.2) is 83.3 Å². The zero-order valence-electron chi connectivity index (χ0n) is 15.1. The van der Waals surface area contributed by atoms with Crippen molar-refractivity contribution >= 4 is 17.0 Å². The van der Waals surface area contributed by atoms with Gasteiger partial charge in [0.25, 0.3) is 5.91 Å². The predicted octanol–water partition coefficient (Wildman–Crippen LogP) is 4.91. The maximum absolute atomic E-state index is 12.6. The van der Waals surface area contributed by atoms with Crippen LogP contribution >= 0.6 is 0 Å². The minimum Gasteiger partial charge on any atom is -0.440 e. The zero-order chi connectivity index (χ0) is 18.6. The molecule has 4 nitrogen and oxygen atoms in total. The van der Waals surface area contributed by atoms with Crippen molar-refractivity contribution < 1.29 is 9.21 Å². The number of nitrogens with one attached hydrogen (secondary N) is 1. The summed E-state index contributed by atoms with van der Waals surface area (Å²) in [4.78, 5) is 17.1. The van der Waals surface area contributed by atoms with Crippen molar-refractivity contribution in [2.24, 2.45) is 0 Å². The van der Waals surface area contributed by atoms with Gasteiger partial charge in [-0.05, 0) is 36.2 Å². The van der Waals surface area contributed by atoms with Crippen LogP contribution in [0.25, 0.3) is 11.1 Å². The molecule has 0 fully saturated rings. The largest absolute Gasteiger partial charge is 0.440 e. The molecule has 0 aliphatic rings. The summed E-state index contributed by atoms with van der Waals surface area (Å²) in [5, 5.41) is 3.02. The number of hydrogen-bond donors (Lipinski definition) is 1. The van der Waals surface area contributed by atoms with Gasteiger partial charge in [-0.1, -0.05) is 60.7 Å². The van der Waals surface area contributed by atoms with Gasteiger partial charge in [-0.3, -0.25) is 4.79 Å². The van der Waals surface area contributed by atoms with E-state index in [0.717, 1.165) is 16.6 Å². The number of fused-ring (bicyclic) bond motifs is 1. The summed E-state index contributed by atoms with van der Waals surface area (Å²) in [6, 6.07) is 25.2. The molecule has 4 aromatic rings. The molecule has 0 unspecified atom stereocenters. The van der Waals surface area contributed by atoms with Crippen molar-refractivity contribution in [2.45, 2.75) is 19.4 Å². The third kappa shape index (κ3) is 3.90. The number of amides is 1. The maximum Gasteiger partial charge on any atom is 0.251 e. The Labute approximate surface area is 157 Å². The van der Waals surface area contributed by atoms with Gasteiger partial charge in [0, 0.05) is 12.0 Å². The third-order valence-electron chi connectivity index (χ3n) is 4.54. The molecule has 1 heterocycles. The van der Waals surface area contributed by atoms with Crippen molar-refractivity contribution in [2.75, 3.05) is 0 Å². The van der Waals surface area contributed by atoms with Crippen LogP contribution in [0, 0.1) is 0 Å². The molecule has 0 saturated heterocycles. The van der Waals surface area contributed by atoms with Crippen LogP contribution in [0.1, 0.15) is 40.3 Å². The van der Waals surface area contributed by atoms with Crippen LogP contribution in [0.2, 0.25) is 0 Å². The average Bonchev–Trinajstić information content (AvgIpc) is 3.10. The molecule has 4 rings (SSSR count). The second kappa shape index (κ2) is 7.46. The van der Waals surface area contributed by atoms with Crippen LogP contribution in [-0.4, -0.2) is 10.9 Å². The van der Waals surface area contributed by atoms with E-state index >= 15 is 0 Å². The second-order valence-corrected chi connectivity index (χ2v) is 6.56. The van der Waals surface area contributed by atoms with Gasteiger partial charge in [-0.2, -0.15) is 0 Å². The van der Waals surface area contributed by atoms with Gasteiger partial charge >= 0.3 is 0 Å². The van der Waals surface area contributed by atoms with E-state index in [0.29, 0.717) is 23.5 Å². The van der Waals surface area contributed by atoms with E-state index in [1.807, 2.05) is 73.7 Å². The average molecular weight is 356 g/mol. The summed E-state index contributed by atoms with van der Waals surface area (Å²) in [6.45, 7) is 1.97. The highest BCUT2D eigenvalue weighted by Crippen LogP contribution is 2.20. The topological polar surface area (TPSA) is 55.1 Å². The quantitative estimate of drug-likeness (QED) is 0.553. The molecule has 0 bridgehead atoms. The molecule has 4 heteroatoms. The zero-order valence-corrected chi connectivity index (χ0v) is 15.1. The van der Waals surface area contributed by atoms with Gasteiger partial charge in [0.1, 0.15) is 5.52 Å². The Morgan fingerprint density at radius 3 is 2.44 bits per heavy atom. The first-order valence-electron chi connectivity index (χ1n) is 8.98. The minimum absolute atomic E-state index is 0.0715. The molecule has 3 aromatic carbocycles. The summed E-state index contributed by atoms with van der Waals surface area (Å²) >= 11 is 0. The van der Waals surface area contributed by atoms with Gasteiger partial charge in [-0.25, -0.2) is 4.98 Å². The molecular weight excluding hydrogens is 336 g/mol. The summed E-state index contributed by atoms with van der Waals surface area (Å²) in [5.74, 6) is 0.515. The Balaban J connectivity index is 1.51. The van der Waals surface area contributed by atoms with Crippen molar-refractivity contribution in [1.29, 1.82) is 0 Å². The number of rotatable bonds is 5. The van der Waals surface area contributed by atoms with Crippen LogP contribution in [0.4, 0.5) is 0 Å². The molecule has 0 aliphatic heterocycles. The number of aromatic nitrogens is 1. The molecular formula is C23H20N2O2. The van der Waals surface area contributed by atoms with Crippen molar-refractivity contribution in [3.8, 4) is 0 Å². The fraction of sp³-hybridized carbons (Fsp3) is 0.130. The summed E-state index contributed by atoms with van der Waals surface area (Å²) in [6.07, 6.45) is 0.627. The lowest BCUT2D eigenvalue weighted by Gasteiger charge is -2.14.